The number of anilines is 1. The number of benzene rings is 1. The van der Waals surface area contributed by atoms with Crippen molar-refractivity contribution in [3.05, 3.63) is 53.9 Å². The van der Waals surface area contributed by atoms with Crippen LogP contribution < -0.4 is 5.73 Å². The third kappa shape index (κ3) is 2.37. The van der Waals surface area contributed by atoms with Gasteiger partial charge in [-0.2, -0.15) is 5.10 Å². The van der Waals surface area contributed by atoms with Crippen molar-refractivity contribution in [2.45, 2.75) is 26.3 Å². The molecule has 0 atom stereocenters. The fourth-order valence-electron chi connectivity index (χ4n) is 2.53. The molecule has 0 spiro atoms. The Balaban J connectivity index is 1.88. The summed E-state index contributed by atoms with van der Waals surface area (Å²) >= 11 is 0. The zero-order valence-corrected chi connectivity index (χ0v) is 11.6. The molecule has 0 bridgehead atoms. The number of aromatic nitrogens is 3. The summed E-state index contributed by atoms with van der Waals surface area (Å²) in [5.41, 5.74) is 9.27. The lowest BCUT2D eigenvalue weighted by Crippen LogP contribution is -1.99. The van der Waals surface area contributed by atoms with Crippen LogP contribution >= 0.6 is 0 Å². The second-order valence-electron chi connectivity index (χ2n) is 4.87. The molecule has 102 valence electrons. The molecule has 0 saturated heterocycles. The van der Waals surface area contributed by atoms with E-state index in [-0.39, 0.29) is 0 Å². The Hall–Kier alpha value is -2.36. The monoisotopic (exact) mass is 266 g/mol. The van der Waals surface area contributed by atoms with E-state index >= 15 is 0 Å². The molecule has 3 aromatic rings. The number of aryl methyl sites for hydroxylation is 3. The molecule has 1 aromatic carbocycles. The summed E-state index contributed by atoms with van der Waals surface area (Å²) in [5.74, 6) is 0.575. The van der Waals surface area contributed by atoms with E-state index in [9.17, 15) is 0 Å². The number of para-hydroxylation sites is 1. The lowest BCUT2D eigenvalue weighted by atomic mass is 10.1. The standard InChI is InChI=1S/C16H18N4/c1-2-20-15-6-4-3-5-13(15)14(19-20)8-7-12-9-10-18-16(17)11-12/h3-6,9-11H,2,7-8H2,1H3,(H2,17,18). The molecule has 0 saturated carbocycles. The van der Waals surface area contributed by atoms with E-state index in [2.05, 4.69) is 40.9 Å². The number of pyridine rings is 1. The number of nitrogen functional groups attached to an aromatic ring is 1. The smallest absolute Gasteiger partial charge is 0.123 e. The quantitative estimate of drug-likeness (QED) is 0.790. The van der Waals surface area contributed by atoms with E-state index in [4.69, 9.17) is 10.8 Å². The number of hydrogen-bond acceptors (Lipinski definition) is 3. The van der Waals surface area contributed by atoms with Crippen molar-refractivity contribution in [2.24, 2.45) is 0 Å². The molecule has 0 aliphatic rings. The summed E-state index contributed by atoms with van der Waals surface area (Å²) < 4.78 is 2.06. The van der Waals surface area contributed by atoms with E-state index < -0.39 is 0 Å². The van der Waals surface area contributed by atoms with E-state index in [1.165, 1.54) is 16.5 Å². The number of nitrogens with two attached hydrogens (primary N) is 1. The normalized spacial score (nSPS) is 11.1. The molecular weight excluding hydrogens is 248 g/mol. The van der Waals surface area contributed by atoms with Crippen LogP contribution in [-0.2, 0) is 19.4 Å². The Morgan fingerprint density at radius 3 is 2.80 bits per heavy atom. The van der Waals surface area contributed by atoms with E-state index in [0.29, 0.717) is 5.82 Å². The van der Waals surface area contributed by atoms with Crippen LogP contribution in [0.15, 0.2) is 42.6 Å². The van der Waals surface area contributed by atoms with Gasteiger partial charge in [-0.1, -0.05) is 18.2 Å². The lowest BCUT2D eigenvalue weighted by molar-refractivity contribution is 0.666. The van der Waals surface area contributed by atoms with Gasteiger partial charge in [-0.25, -0.2) is 4.98 Å². The van der Waals surface area contributed by atoms with Crippen LogP contribution in [0.5, 0.6) is 0 Å². The van der Waals surface area contributed by atoms with Gasteiger partial charge in [0.1, 0.15) is 5.82 Å². The first-order chi connectivity index (χ1) is 9.78. The first-order valence-electron chi connectivity index (χ1n) is 6.92. The average molecular weight is 266 g/mol. The van der Waals surface area contributed by atoms with Crippen LogP contribution in [-0.4, -0.2) is 14.8 Å². The predicted octanol–water partition coefficient (Wildman–Crippen LogP) is 2.82. The second kappa shape index (κ2) is 5.33. The lowest BCUT2D eigenvalue weighted by Gasteiger charge is -2.00. The highest BCUT2D eigenvalue weighted by Crippen LogP contribution is 2.20. The first kappa shape index (κ1) is 12.7. The first-order valence-corrected chi connectivity index (χ1v) is 6.92. The Labute approximate surface area is 118 Å². The van der Waals surface area contributed by atoms with Crippen LogP contribution in [0.3, 0.4) is 0 Å². The van der Waals surface area contributed by atoms with Gasteiger partial charge in [-0.3, -0.25) is 4.68 Å². The molecule has 0 amide bonds. The SMILES string of the molecule is CCn1nc(CCc2ccnc(N)c2)c2ccccc21. The van der Waals surface area contributed by atoms with Gasteiger partial charge in [0.05, 0.1) is 11.2 Å². The largest absolute Gasteiger partial charge is 0.384 e. The molecule has 0 unspecified atom stereocenters. The van der Waals surface area contributed by atoms with Crippen molar-refractivity contribution in [2.75, 3.05) is 5.73 Å². The van der Waals surface area contributed by atoms with Crippen LogP contribution in [0.2, 0.25) is 0 Å². The maximum atomic E-state index is 5.71. The maximum absolute atomic E-state index is 5.71. The van der Waals surface area contributed by atoms with Crippen molar-refractivity contribution in [3.63, 3.8) is 0 Å². The Morgan fingerprint density at radius 2 is 2.00 bits per heavy atom. The molecule has 4 heteroatoms. The van der Waals surface area contributed by atoms with Gasteiger partial charge in [0.15, 0.2) is 0 Å². The fourth-order valence-corrected chi connectivity index (χ4v) is 2.53. The van der Waals surface area contributed by atoms with E-state index in [1.54, 1.807) is 6.20 Å². The van der Waals surface area contributed by atoms with Gasteiger partial charge in [0.2, 0.25) is 0 Å². The Morgan fingerprint density at radius 1 is 1.15 bits per heavy atom. The van der Waals surface area contributed by atoms with Crippen LogP contribution in [0.4, 0.5) is 5.82 Å². The molecule has 0 aliphatic heterocycles. The second-order valence-corrected chi connectivity index (χ2v) is 4.87. The summed E-state index contributed by atoms with van der Waals surface area (Å²) in [6.45, 7) is 3.01. The molecule has 2 aromatic heterocycles. The summed E-state index contributed by atoms with van der Waals surface area (Å²) in [4.78, 5) is 4.02. The van der Waals surface area contributed by atoms with Crippen molar-refractivity contribution in [3.8, 4) is 0 Å². The van der Waals surface area contributed by atoms with Crippen molar-refractivity contribution in [1.29, 1.82) is 0 Å². The van der Waals surface area contributed by atoms with Gasteiger partial charge < -0.3 is 5.73 Å². The van der Waals surface area contributed by atoms with Crippen LogP contribution in [0.25, 0.3) is 10.9 Å². The van der Waals surface area contributed by atoms with Gasteiger partial charge in [0, 0.05) is 18.1 Å². The third-order valence-electron chi connectivity index (χ3n) is 3.53. The zero-order valence-electron chi connectivity index (χ0n) is 11.6. The molecule has 0 radical (unpaired) electrons. The topological polar surface area (TPSA) is 56.7 Å². The molecule has 3 rings (SSSR count). The summed E-state index contributed by atoms with van der Waals surface area (Å²) in [6.07, 6.45) is 3.60. The van der Waals surface area contributed by atoms with Gasteiger partial charge in [0.25, 0.3) is 0 Å². The van der Waals surface area contributed by atoms with Crippen molar-refractivity contribution < 1.29 is 0 Å². The maximum Gasteiger partial charge on any atom is 0.123 e. The highest BCUT2D eigenvalue weighted by atomic mass is 15.3. The Kier molecular flexibility index (Phi) is 3.37. The molecule has 20 heavy (non-hydrogen) atoms. The van der Waals surface area contributed by atoms with Gasteiger partial charge in [-0.15, -0.1) is 0 Å². The summed E-state index contributed by atoms with van der Waals surface area (Å²) in [5, 5.41) is 5.96. The van der Waals surface area contributed by atoms with Crippen LogP contribution in [0, 0.1) is 0 Å². The van der Waals surface area contributed by atoms with Crippen molar-refractivity contribution in [1.82, 2.24) is 14.8 Å². The Bertz CT molecular complexity index is 730. The van der Waals surface area contributed by atoms with Gasteiger partial charge >= 0.3 is 0 Å². The number of rotatable bonds is 4. The molecule has 2 N–H and O–H groups in total. The molecule has 0 aliphatic carbocycles. The minimum atomic E-state index is 0.575. The highest BCUT2D eigenvalue weighted by Gasteiger charge is 2.09. The molecular formula is C16H18N4. The molecule has 0 fully saturated rings. The third-order valence-corrected chi connectivity index (χ3v) is 3.53. The predicted molar refractivity (Wildman–Crippen MR) is 81.5 cm³/mol. The number of fused-ring (bicyclic) bond motifs is 1. The summed E-state index contributed by atoms with van der Waals surface area (Å²) in [6, 6.07) is 12.3. The van der Waals surface area contributed by atoms with Crippen LogP contribution in [0.1, 0.15) is 18.2 Å². The van der Waals surface area contributed by atoms with E-state index in [1.807, 2.05) is 12.1 Å². The van der Waals surface area contributed by atoms with Gasteiger partial charge in [-0.05, 0) is 43.5 Å². The number of nitrogens with zero attached hydrogens (tertiary/aromatic N) is 3. The highest BCUT2D eigenvalue weighted by molar-refractivity contribution is 5.81. The average Bonchev–Trinajstić information content (AvgIpc) is 2.83. The molecule has 4 nitrogen and oxygen atoms in total. The minimum absolute atomic E-state index is 0.575. The number of hydrogen-bond donors (Lipinski definition) is 1. The fraction of sp³-hybridized carbons (Fsp3) is 0.250. The zero-order chi connectivity index (χ0) is 13.9. The summed E-state index contributed by atoms with van der Waals surface area (Å²) in [7, 11) is 0. The molecule has 2 heterocycles. The van der Waals surface area contributed by atoms with Crippen molar-refractivity contribution >= 4 is 16.7 Å². The van der Waals surface area contributed by atoms with E-state index in [0.717, 1.165) is 25.1 Å². The minimum Gasteiger partial charge on any atom is -0.384 e.